The van der Waals surface area contributed by atoms with Crippen LogP contribution in [0.5, 0.6) is 0 Å². The van der Waals surface area contributed by atoms with E-state index in [-0.39, 0.29) is 105 Å². The Labute approximate surface area is 773 Å². The molecule has 0 radical (unpaired) electrons. The maximum atomic E-state index is 14.8. The number of nitrogen functional groups attached to an aromatic ring is 5. The summed E-state index contributed by atoms with van der Waals surface area (Å²) >= 11 is 0. The van der Waals surface area contributed by atoms with Gasteiger partial charge in [-0.15, -0.1) is 0 Å². The van der Waals surface area contributed by atoms with Gasteiger partial charge in [-0.05, 0) is 18.1 Å². The van der Waals surface area contributed by atoms with Gasteiger partial charge in [0.1, 0.15) is 122 Å². The number of ether oxygens (including phenoxy) is 7. The molecule has 139 heavy (non-hydrogen) atoms. The zero-order chi connectivity index (χ0) is 97.6. The van der Waals surface area contributed by atoms with Crippen LogP contribution in [0.25, 0.3) is 55.8 Å². The van der Waals surface area contributed by atoms with Crippen molar-refractivity contribution in [3.8, 4) is 0 Å². The average molecular weight is 2040 g/mol. The number of fused-ring (bicyclic) bond motifs is 5. The molecule has 740 valence electrons. The van der Waals surface area contributed by atoms with Crippen molar-refractivity contribution in [3.63, 3.8) is 0 Å². The summed E-state index contributed by atoms with van der Waals surface area (Å²) in [4.78, 5) is 193. The van der Waals surface area contributed by atoms with Crippen LogP contribution in [0.2, 0.25) is 0 Å². The molecule has 19 rings (SSSR count). The number of rotatable bonds is 36. The molecule has 11 aromatic heterocycles. The summed E-state index contributed by atoms with van der Waals surface area (Å²) in [5.41, 5.74) is 25.3. The highest BCUT2D eigenvalue weighted by molar-refractivity contribution is 7.48. The Hall–Kier alpha value is -11.7. The van der Waals surface area contributed by atoms with E-state index < -0.39 is 254 Å². The van der Waals surface area contributed by atoms with Crippen LogP contribution in [0.1, 0.15) is 98.7 Å². The number of aromatic nitrogens is 22. The molecule has 0 spiro atoms. The molecule has 23 atom stereocenters. The molecule has 0 bridgehead atoms. The molecule has 6 aliphatic rings. The van der Waals surface area contributed by atoms with Gasteiger partial charge >= 0.3 is 44.8 Å². The first kappa shape index (κ1) is 96.2. The first-order valence-electron chi connectivity index (χ1n) is 42.0. The zero-order valence-electron chi connectivity index (χ0n) is 71.6. The number of benzene rings is 2. The number of nitrogens with two attached hydrogens (primary N) is 5. The van der Waals surface area contributed by atoms with Crippen LogP contribution in [0.4, 0.5) is 29.6 Å². The monoisotopic (exact) mass is 2040 g/mol. The molecule has 6 fully saturated rings. The van der Waals surface area contributed by atoms with Gasteiger partial charge in [0.25, 0.3) is 27.8 Å². The molecule has 21 N–H and O–H groups in total. The number of anilines is 5. The summed E-state index contributed by atoms with van der Waals surface area (Å²) < 4.78 is 181. The molecule has 6 saturated heterocycles. The van der Waals surface area contributed by atoms with E-state index in [1.54, 1.807) is 36.4 Å². The minimum Gasteiger partial charge on any atom is -0.390 e. The van der Waals surface area contributed by atoms with Crippen molar-refractivity contribution in [3.05, 3.63) is 184 Å². The van der Waals surface area contributed by atoms with Gasteiger partial charge < -0.3 is 91.4 Å². The Balaban J connectivity index is 0.554. The Morgan fingerprint density at radius 1 is 0.367 bits per heavy atom. The van der Waals surface area contributed by atoms with Gasteiger partial charge in [0.15, 0.2) is 56.1 Å². The lowest BCUT2D eigenvalue weighted by Crippen LogP contribution is -2.33. The number of imidazole rings is 5. The SMILES string of the molecule is Cc1cn([C@H]2C[C@H](OP(=O)(O)OC[C@H]3O[C@@H](n4cnc5c(=O)[nH]c(N)nc54)C[C@@H]3OP(=O)(O)OC[C@H]3O[C@@H](n4cnc5c(=O)[nH]c(N)nc54)C[C@@H]3OP(=O)(O)OC[C@H]3O[C@@H](n4cnc5c(=O)[nH]c(N)nc54)C[C@@H]3OP(=O)(O)OC[C@H]3OC(n4cnc5c(N)ncnc54)C[C@@H]3OP(=O)(O)OC[C@H]3O[C@@H](n4cnc5c(=O)[nH]c(N)nc54)C[C@@H]3O)[C@@H](COC(c3ccccc3)c3ccccc3)O2)c(=O)[nH]c1=O. The topological polar surface area (TPSA) is 846 Å². The van der Waals surface area contributed by atoms with E-state index in [0.717, 1.165) is 39.0 Å². The normalized spacial score (nSPS) is 27.3. The van der Waals surface area contributed by atoms with E-state index in [4.69, 9.17) is 107 Å². The first-order chi connectivity index (χ1) is 66.3. The number of phosphoric ester groups is 5. The molecule has 2 aromatic carbocycles. The number of hydrogen-bond donors (Lipinski definition) is 16. The van der Waals surface area contributed by atoms with E-state index in [2.05, 4.69) is 79.7 Å². The molecular formula is C73H84N27O34P5. The van der Waals surface area contributed by atoms with Gasteiger partial charge in [0.05, 0.1) is 77.4 Å². The van der Waals surface area contributed by atoms with Crippen LogP contribution in [0.3, 0.4) is 0 Å². The number of aliphatic hydroxyl groups excluding tert-OH is 1. The maximum absolute atomic E-state index is 14.8. The first-order valence-corrected chi connectivity index (χ1v) is 49.5. The van der Waals surface area contributed by atoms with E-state index in [1.807, 2.05) is 24.3 Å². The lowest BCUT2D eigenvalue weighted by Gasteiger charge is -2.26. The number of aryl methyl sites for hydroxylation is 1. The van der Waals surface area contributed by atoms with Crippen LogP contribution < -0.4 is 62.2 Å². The van der Waals surface area contributed by atoms with Crippen molar-refractivity contribution < 1.29 is 131 Å². The molecular weight excluding hydrogens is 1950 g/mol. The molecule has 0 amide bonds. The summed E-state index contributed by atoms with van der Waals surface area (Å²) in [5.74, 6) is -1.46. The number of hydrogen-bond acceptors (Lipinski definition) is 45. The summed E-state index contributed by atoms with van der Waals surface area (Å²) in [6.07, 6.45) is -22.2. The Kier molecular flexibility index (Phi) is 26.6. The van der Waals surface area contributed by atoms with Crippen molar-refractivity contribution in [2.24, 2.45) is 0 Å². The Morgan fingerprint density at radius 2 is 0.655 bits per heavy atom. The summed E-state index contributed by atoms with van der Waals surface area (Å²) in [7, 11) is -27.7. The van der Waals surface area contributed by atoms with E-state index in [1.165, 1.54) is 39.5 Å². The van der Waals surface area contributed by atoms with E-state index in [0.29, 0.717) is 11.1 Å². The van der Waals surface area contributed by atoms with Crippen LogP contribution in [0.15, 0.2) is 134 Å². The minimum absolute atomic E-state index is 0.00218. The number of nitrogens with one attached hydrogen (secondary N) is 5. The van der Waals surface area contributed by atoms with Crippen LogP contribution >= 0.6 is 39.1 Å². The predicted molar refractivity (Wildman–Crippen MR) is 467 cm³/mol. The van der Waals surface area contributed by atoms with E-state index >= 15 is 0 Å². The van der Waals surface area contributed by atoms with E-state index in [9.17, 15) is 81.2 Å². The quantitative estimate of drug-likeness (QED) is 0.0238. The smallest absolute Gasteiger partial charge is 0.390 e. The molecule has 66 heteroatoms. The highest BCUT2D eigenvalue weighted by Crippen LogP contribution is 2.57. The maximum Gasteiger partial charge on any atom is 0.472 e. The van der Waals surface area contributed by atoms with Crippen molar-refractivity contribution in [1.29, 1.82) is 0 Å². The molecule has 61 nitrogen and oxygen atoms in total. The third-order valence-corrected chi connectivity index (χ3v) is 28.4. The van der Waals surface area contributed by atoms with Gasteiger partial charge in [-0.25, -0.2) is 62.5 Å². The fraction of sp³-hybridized carbons (Fsp3) is 0.438. The second-order valence-electron chi connectivity index (χ2n) is 32.5. The Bertz CT molecular complexity index is 7430. The van der Waals surface area contributed by atoms with Crippen LogP contribution in [-0.4, -0.2) is 250 Å². The molecule has 0 saturated carbocycles. The van der Waals surface area contributed by atoms with Crippen molar-refractivity contribution in [2.45, 2.75) is 162 Å². The number of phosphoric acid groups is 5. The van der Waals surface area contributed by atoms with Crippen molar-refractivity contribution in [1.82, 2.24) is 107 Å². The number of aliphatic hydroxyl groups is 1. The minimum atomic E-state index is -5.70. The van der Waals surface area contributed by atoms with Gasteiger partial charge in [-0.3, -0.25) is 122 Å². The largest absolute Gasteiger partial charge is 0.472 e. The molecule has 17 heterocycles. The summed E-state index contributed by atoms with van der Waals surface area (Å²) in [6, 6.07) is 18.1. The summed E-state index contributed by atoms with van der Waals surface area (Å²) in [5, 5.41) is 11.1. The van der Waals surface area contributed by atoms with Gasteiger partial charge in [-0.1, -0.05) is 60.7 Å². The Morgan fingerprint density at radius 3 is 0.993 bits per heavy atom. The lowest BCUT2D eigenvalue weighted by atomic mass is 10.0. The standard InChI is InChI=1S/C73H84N27O34P5/c1-31-18-95(73(107)94-64(31)102)47-13-35(41(125-47)19-118-57(32-8-4-2-5-9-32)33-10-6-3-7-11-33)130-136(110,111)120-22-43-37(15-49(127-43)98-28-83-54-61(98)87-70(76)91-66(54)104)133-138(114,115)122-24-45-39(17-51(129-45)100-30-85-56-63(100)89-72(78)93-68(56)106)134-139(116,117)123-23-44-38(16-50(128-44)99-29-84-55-62(99)88-71(77)92-67(55)105)132-137(112,113)121-21-42-36(14-48(126-42)96-26-81-52-58(74)79-25-80-59(52)96)131-135(108,109)119-20-40-34(101)12-46(124-40)97-27-82-53-60(97)86-69(75)90-65(53)103/h2-11,18,25-30,34-51,57,101H,12-17,19-24H2,1H3,(H,108,109)(H,110,111)(H,112,113)(H,114,115)(H,116,117)(H2,74,79,80)(H,94,102,107)(H3,75,86,90,103)(H3,76,87,91,104)(H3,77,88,92,105)(H3,78,89,93,106)/t34-,35-,36-,37-,38-,39-,40+,41+,42+,43+,44+,45+,46+,47+,48?,49+,50+,51+/m0/s1. The molecule has 0 aliphatic carbocycles. The van der Waals surface area contributed by atoms with Gasteiger partial charge in [0.2, 0.25) is 23.8 Å². The summed E-state index contributed by atoms with van der Waals surface area (Å²) in [6.45, 7) is -4.03. The third kappa shape index (κ3) is 20.7. The average Bonchev–Trinajstić information content (AvgIpc) is 1.65. The zero-order valence-corrected chi connectivity index (χ0v) is 76.1. The van der Waals surface area contributed by atoms with Crippen molar-refractivity contribution in [2.75, 3.05) is 68.3 Å². The fourth-order valence-electron chi connectivity index (χ4n) is 16.9. The fourth-order valence-corrected chi connectivity index (χ4v) is 21.7. The van der Waals surface area contributed by atoms with Gasteiger partial charge in [-0.2, -0.15) is 19.9 Å². The van der Waals surface area contributed by atoms with Crippen LogP contribution in [-0.2, 0) is 101 Å². The molecule has 6 unspecified atom stereocenters. The van der Waals surface area contributed by atoms with Crippen LogP contribution in [0, 0.1) is 6.92 Å². The van der Waals surface area contributed by atoms with Crippen molar-refractivity contribution >= 4 is 125 Å². The highest BCUT2D eigenvalue weighted by Gasteiger charge is 2.52. The second kappa shape index (κ2) is 38.4. The molecule has 6 aliphatic heterocycles. The van der Waals surface area contributed by atoms with Gasteiger partial charge in [0, 0.05) is 50.3 Å². The lowest BCUT2D eigenvalue weighted by molar-refractivity contribution is -0.0776. The predicted octanol–water partition coefficient (Wildman–Crippen LogP) is 0.532. The number of nitrogens with zero attached hydrogens (tertiary/aromatic N) is 17. The third-order valence-electron chi connectivity index (χ3n) is 23.3. The number of H-pyrrole nitrogens is 5. The highest BCUT2D eigenvalue weighted by atomic mass is 31.2. The number of aromatic amines is 5. The molecule has 13 aromatic rings. The second-order valence-corrected chi connectivity index (χ2v) is 39.5.